The summed E-state index contributed by atoms with van der Waals surface area (Å²) in [6.45, 7) is -0.405. The van der Waals surface area contributed by atoms with Gasteiger partial charge in [-0.05, 0) is 55.3 Å². The first-order valence-electron chi connectivity index (χ1n) is 12.0. The molecule has 1 fully saturated rings. The van der Waals surface area contributed by atoms with Crippen molar-refractivity contribution in [1.82, 2.24) is 9.79 Å². The third-order valence-corrected chi connectivity index (χ3v) is 7.50. The van der Waals surface area contributed by atoms with E-state index in [2.05, 4.69) is 17.2 Å². The van der Waals surface area contributed by atoms with Crippen LogP contribution in [0.3, 0.4) is 0 Å². The molecule has 0 aromatic carbocycles. The molecule has 1 amide bonds. The molecule has 4 aliphatic rings. The predicted octanol–water partition coefficient (Wildman–Crippen LogP) is 3.28. The van der Waals surface area contributed by atoms with Crippen molar-refractivity contribution in [1.29, 1.82) is 0 Å². The summed E-state index contributed by atoms with van der Waals surface area (Å²) in [5, 5.41) is 2.72. The number of nitrogens with one attached hydrogen (secondary N) is 1. The van der Waals surface area contributed by atoms with Gasteiger partial charge in [0, 0.05) is 44.2 Å². The summed E-state index contributed by atoms with van der Waals surface area (Å²) in [7, 11) is 0. The molecule has 1 aromatic rings. The van der Waals surface area contributed by atoms with Crippen LogP contribution in [0.4, 0.5) is 8.63 Å². The van der Waals surface area contributed by atoms with Crippen LogP contribution in [0.15, 0.2) is 30.0 Å². The van der Waals surface area contributed by atoms with Gasteiger partial charge >= 0.3 is 12.9 Å². The van der Waals surface area contributed by atoms with Gasteiger partial charge in [-0.1, -0.05) is 0 Å². The fourth-order valence-corrected chi connectivity index (χ4v) is 5.72. The van der Waals surface area contributed by atoms with Crippen molar-refractivity contribution >= 4 is 30.1 Å². The Morgan fingerprint density at radius 2 is 1.88 bits per heavy atom. The van der Waals surface area contributed by atoms with Crippen molar-refractivity contribution in [3.63, 3.8) is 0 Å². The summed E-state index contributed by atoms with van der Waals surface area (Å²) in [5.41, 5.74) is 1.30. The Balaban J connectivity index is 1.19. The van der Waals surface area contributed by atoms with Gasteiger partial charge in [-0.25, -0.2) is 0 Å². The number of esters is 1. The molecular formula is C25H28BF2N3O3. The van der Waals surface area contributed by atoms with E-state index in [1.54, 1.807) is 38.1 Å². The van der Waals surface area contributed by atoms with Gasteiger partial charge in [0.25, 0.3) is 5.91 Å². The quantitative estimate of drug-likeness (QED) is 0.397. The second-order valence-electron chi connectivity index (χ2n) is 9.53. The summed E-state index contributed by atoms with van der Waals surface area (Å²) in [4.78, 5) is 25.3. The minimum Gasteiger partial charge on any atom is -0.465 e. The molecule has 1 aromatic heterocycles. The van der Waals surface area contributed by atoms with E-state index >= 15 is 8.63 Å². The largest absolute Gasteiger partial charge is 0.737 e. The van der Waals surface area contributed by atoms with Gasteiger partial charge in [0.1, 0.15) is 11.3 Å². The Morgan fingerprint density at radius 1 is 1.18 bits per heavy atom. The minimum atomic E-state index is -4.09. The zero-order valence-corrected chi connectivity index (χ0v) is 19.4. The first kappa shape index (κ1) is 22.6. The molecule has 2 aliphatic heterocycles. The monoisotopic (exact) mass is 467 g/mol. The lowest BCUT2D eigenvalue weighted by Crippen LogP contribution is -2.52. The SMILES string of the molecule is CC1=[N+]2C(=C(C(=O)NCCC(=O)OCC3[C@H]4CCC#CCC[C@@H]34)c3ccc(C)n3[B-]2(F)F)C=C1. The van der Waals surface area contributed by atoms with Crippen molar-refractivity contribution in [3.05, 3.63) is 41.4 Å². The number of ether oxygens (including phenoxy) is 1. The zero-order chi connectivity index (χ0) is 24.0. The first-order valence-corrected chi connectivity index (χ1v) is 12.0. The second-order valence-corrected chi connectivity index (χ2v) is 9.53. The first-order chi connectivity index (χ1) is 16.3. The average Bonchev–Trinajstić information content (AvgIpc) is 3.05. The number of amides is 1. The molecule has 3 heterocycles. The number of halogens is 2. The molecule has 6 nitrogen and oxygen atoms in total. The molecule has 5 rings (SSSR count). The van der Waals surface area contributed by atoms with E-state index in [1.807, 2.05) is 0 Å². The molecule has 9 heteroatoms. The van der Waals surface area contributed by atoms with E-state index < -0.39 is 12.9 Å². The van der Waals surface area contributed by atoms with E-state index in [0.29, 0.717) is 35.8 Å². The van der Waals surface area contributed by atoms with E-state index in [4.69, 9.17) is 4.74 Å². The molecule has 1 unspecified atom stereocenters. The molecular weight excluding hydrogens is 439 g/mol. The highest BCUT2D eigenvalue weighted by Gasteiger charge is 2.54. The fourth-order valence-electron chi connectivity index (χ4n) is 5.72. The number of fused-ring (bicyclic) bond motifs is 3. The average molecular weight is 467 g/mol. The van der Waals surface area contributed by atoms with Crippen LogP contribution in [-0.2, 0) is 14.3 Å². The maximum Gasteiger partial charge on any atom is 0.737 e. The Kier molecular flexibility index (Phi) is 5.71. The van der Waals surface area contributed by atoms with E-state index in [9.17, 15) is 9.59 Å². The predicted molar refractivity (Wildman–Crippen MR) is 125 cm³/mol. The molecule has 1 N–H and O–H groups in total. The fraction of sp³-hybridized carbons (Fsp3) is 0.480. The Hall–Kier alpha value is -3.15. The number of hydrogen-bond donors (Lipinski definition) is 1. The molecule has 178 valence electrons. The van der Waals surface area contributed by atoms with Crippen LogP contribution in [0.5, 0.6) is 0 Å². The number of carbonyl (C=O) groups is 2. The third kappa shape index (κ3) is 3.79. The van der Waals surface area contributed by atoms with Crippen LogP contribution < -0.4 is 5.32 Å². The number of aryl methyl sites for hydroxylation is 1. The Bertz CT molecular complexity index is 1200. The Labute approximate surface area is 197 Å². The smallest absolute Gasteiger partial charge is 0.465 e. The summed E-state index contributed by atoms with van der Waals surface area (Å²) in [5.74, 6) is 7.10. The molecule has 1 saturated carbocycles. The number of nitrogens with zero attached hydrogens (tertiary/aromatic N) is 2. The molecule has 0 radical (unpaired) electrons. The highest BCUT2D eigenvalue weighted by molar-refractivity contribution is 6.58. The highest BCUT2D eigenvalue weighted by atomic mass is 19.2. The van der Waals surface area contributed by atoms with Crippen molar-refractivity contribution < 1.29 is 27.4 Å². The third-order valence-electron chi connectivity index (χ3n) is 7.50. The van der Waals surface area contributed by atoms with E-state index in [1.165, 1.54) is 0 Å². The van der Waals surface area contributed by atoms with Crippen LogP contribution in [0, 0.1) is 36.5 Å². The molecule has 3 atom stereocenters. The minimum absolute atomic E-state index is 0.0321. The molecule has 0 bridgehead atoms. The second kappa shape index (κ2) is 8.57. The van der Waals surface area contributed by atoms with Crippen LogP contribution in [0.25, 0.3) is 5.57 Å². The number of aromatic nitrogens is 1. The molecule has 0 saturated heterocycles. The lowest BCUT2D eigenvalue weighted by molar-refractivity contribution is -0.362. The van der Waals surface area contributed by atoms with Crippen molar-refractivity contribution in [2.45, 2.75) is 46.0 Å². The summed E-state index contributed by atoms with van der Waals surface area (Å²) >= 11 is 0. The van der Waals surface area contributed by atoms with Gasteiger partial charge in [-0.3, -0.25) is 9.59 Å². The number of rotatable bonds is 6. The summed E-state index contributed by atoms with van der Waals surface area (Å²) in [6.07, 6.45) is 7.12. The normalized spacial score (nSPS) is 25.9. The Morgan fingerprint density at radius 3 is 2.59 bits per heavy atom. The van der Waals surface area contributed by atoms with E-state index in [-0.39, 0.29) is 35.9 Å². The van der Waals surface area contributed by atoms with Gasteiger partial charge in [0.05, 0.1) is 13.0 Å². The van der Waals surface area contributed by atoms with Crippen LogP contribution in [0.2, 0.25) is 0 Å². The standard InChI is InChI=1S/C25H28BF2N3O3/c1-16-9-11-21-24(22-12-10-17(2)31(22)26(27,28)30(16)21)25(33)29-14-13-23(32)34-15-20-18-7-5-3-4-6-8-19(18)20/h9-12,18-20H,5-8,13-15H2,1-2H3,(H,29,33)/t18-,19+,20?. The van der Waals surface area contributed by atoms with Crippen molar-refractivity contribution in [2.75, 3.05) is 13.2 Å². The zero-order valence-electron chi connectivity index (χ0n) is 19.4. The van der Waals surface area contributed by atoms with Crippen molar-refractivity contribution in [3.8, 4) is 11.8 Å². The van der Waals surface area contributed by atoms with Gasteiger partial charge in [-0.15, -0.1) is 11.8 Å². The topological polar surface area (TPSA) is 63.3 Å². The maximum atomic E-state index is 15.3. The van der Waals surface area contributed by atoms with Crippen LogP contribution >= 0.6 is 0 Å². The van der Waals surface area contributed by atoms with E-state index in [0.717, 1.165) is 34.6 Å². The summed E-state index contributed by atoms with van der Waals surface area (Å²) in [6, 6.07) is 3.13. The lowest BCUT2D eigenvalue weighted by atomic mass is 9.87. The summed E-state index contributed by atoms with van der Waals surface area (Å²) < 4.78 is 37.9. The molecule has 34 heavy (non-hydrogen) atoms. The van der Waals surface area contributed by atoms with Crippen molar-refractivity contribution in [2.24, 2.45) is 17.8 Å². The van der Waals surface area contributed by atoms with Crippen LogP contribution in [0.1, 0.15) is 50.4 Å². The number of hydrogen-bond acceptors (Lipinski definition) is 3. The van der Waals surface area contributed by atoms with Gasteiger partial charge < -0.3 is 27.6 Å². The lowest BCUT2D eigenvalue weighted by Gasteiger charge is -2.32. The van der Waals surface area contributed by atoms with Gasteiger partial charge in [0.2, 0.25) is 0 Å². The number of carbonyl (C=O) groups excluding carboxylic acids is 2. The molecule has 0 spiro atoms. The maximum absolute atomic E-state index is 15.3. The van der Waals surface area contributed by atoms with Crippen LogP contribution in [-0.4, -0.2) is 46.7 Å². The highest BCUT2D eigenvalue weighted by Crippen LogP contribution is 2.52. The number of allylic oxidation sites excluding steroid dienone is 2. The van der Waals surface area contributed by atoms with Gasteiger partial charge in [-0.2, -0.15) is 0 Å². The molecule has 2 aliphatic carbocycles. The van der Waals surface area contributed by atoms with Gasteiger partial charge in [0.15, 0.2) is 5.70 Å².